The smallest absolute Gasteiger partial charge is 0.319 e. The number of anilines is 1. The number of aromatic hydroxyl groups is 1. The van der Waals surface area contributed by atoms with Crippen LogP contribution in [0, 0.1) is 0 Å². The van der Waals surface area contributed by atoms with Crippen LogP contribution in [0.25, 0.3) is 10.8 Å². The monoisotopic (exact) mass is 400 g/mol. The third-order valence-electron chi connectivity index (χ3n) is 4.90. The standard InChI is InChI=1S/C20H24N4O5/c25-16(26)8-9-21-19(28)17-18(27)15-7-6-14(10-12(15)11-22-17)24-20(29)23-13-4-2-1-3-5-13/h6-7,10-11,13,27H,1-5,8-9H2,(H,21,28)(H,25,26)(H2,23,24,29). The molecule has 29 heavy (non-hydrogen) atoms. The Morgan fingerprint density at radius 1 is 1.14 bits per heavy atom. The molecule has 9 nitrogen and oxygen atoms in total. The van der Waals surface area contributed by atoms with Gasteiger partial charge in [-0.25, -0.2) is 9.78 Å². The highest BCUT2D eigenvalue weighted by atomic mass is 16.4. The molecule has 0 spiro atoms. The fourth-order valence-electron chi connectivity index (χ4n) is 3.42. The zero-order valence-corrected chi connectivity index (χ0v) is 15.9. The molecule has 1 aliphatic carbocycles. The number of urea groups is 1. The number of nitrogens with zero attached hydrogens (tertiary/aromatic N) is 1. The van der Waals surface area contributed by atoms with Crippen molar-refractivity contribution in [2.24, 2.45) is 0 Å². The van der Waals surface area contributed by atoms with E-state index in [-0.39, 0.29) is 36.5 Å². The van der Waals surface area contributed by atoms with Crippen molar-refractivity contribution in [3.63, 3.8) is 0 Å². The maximum atomic E-state index is 12.2. The first-order chi connectivity index (χ1) is 13.9. The Bertz CT molecular complexity index is 924. The van der Waals surface area contributed by atoms with Crippen molar-refractivity contribution in [1.82, 2.24) is 15.6 Å². The fraction of sp³-hybridized carbons (Fsp3) is 0.400. The highest BCUT2D eigenvalue weighted by Crippen LogP contribution is 2.29. The summed E-state index contributed by atoms with van der Waals surface area (Å²) < 4.78 is 0. The molecular weight excluding hydrogens is 376 g/mol. The molecule has 3 amide bonds. The number of rotatable bonds is 6. The van der Waals surface area contributed by atoms with Crippen molar-refractivity contribution in [2.75, 3.05) is 11.9 Å². The summed E-state index contributed by atoms with van der Waals surface area (Å²) in [7, 11) is 0. The minimum atomic E-state index is -1.03. The summed E-state index contributed by atoms with van der Waals surface area (Å²) in [4.78, 5) is 38.8. The van der Waals surface area contributed by atoms with E-state index in [4.69, 9.17) is 5.11 Å². The van der Waals surface area contributed by atoms with E-state index in [1.807, 2.05) is 0 Å². The highest BCUT2D eigenvalue weighted by Gasteiger charge is 2.18. The average molecular weight is 400 g/mol. The lowest BCUT2D eigenvalue weighted by Crippen LogP contribution is -2.38. The molecule has 3 rings (SSSR count). The lowest BCUT2D eigenvalue weighted by atomic mass is 9.96. The van der Waals surface area contributed by atoms with E-state index in [2.05, 4.69) is 20.9 Å². The second kappa shape index (κ2) is 9.22. The number of carboxylic acids is 1. The molecule has 1 fully saturated rings. The van der Waals surface area contributed by atoms with E-state index < -0.39 is 11.9 Å². The SMILES string of the molecule is O=C(O)CCNC(=O)c1ncc2cc(NC(=O)NC3CCCCC3)ccc2c1O. The van der Waals surface area contributed by atoms with Gasteiger partial charge in [0.1, 0.15) is 0 Å². The van der Waals surface area contributed by atoms with Crippen LogP contribution in [0.3, 0.4) is 0 Å². The molecule has 0 bridgehead atoms. The van der Waals surface area contributed by atoms with Gasteiger partial charge in [-0.1, -0.05) is 19.3 Å². The van der Waals surface area contributed by atoms with Crippen LogP contribution in [0.4, 0.5) is 10.5 Å². The molecule has 9 heteroatoms. The lowest BCUT2D eigenvalue weighted by Gasteiger charge is -2.22. The predicted molar refractivity (Wildman–Crippen MR) is 107 cm³/mol. The second-order valence-electron chi connectivity index (χ2n) is 7.09. The van der Waals surface area contributed by atoms with Crippen molar-refractivity contribution in [1.29, 1.82) is 0 Å². The average Bonchev–Trinajstić information content (AvgIpc) is 2.68. The summed E-state index contributed by atoms with van der Waals surface area (Å²) in [5.74, 6) is -1.98. The normalized spacial score (nSPS) is 14.3. The van der Waals surface area contributed by atoms with Crippen LogP contribution in [0.2, 0.25) is 0 Å². The molecule has 1 heterocycles. The van der Waals surface area contributed by atoms with Crippen LogP contribution >= 0.6 is 0 Å². The molecule has 0 atom stereocenters. The second-order valence-corrected chi connectivity index (χ2v) is 7.09. The summed E-state index contributed by atoms with van der Waals surface area (Å²) >= 11 is 0. The van der Waals surface area contributed by atoms with Crippen molar-refractivity contribution in [3.05, 3.63) is 30.1 Å². The van der Waals surface area contributed by atoms with Gasteiger partial charge in [0.2, 0.25) is 0 Å². The van der Waals surface area contributed by atoms with Crippen LogP contribution < -0.4 is 16.0 Å². The van der Waals surface area contributed by atoms with Gasteiger partial charge in [-0.3, -0.25) is 9.59 Å². The number of amides is 3. The van der Waals surface area contributed by atoms with Crippen LogP contribution in [0.1, 0.15) is 49.0 Å². The van der Waals surface area contributed by atoms with Gasteiger partial charge in [-0.05, 0) is 31.0 Å². The number of pyridine rings is 1. The fourth-order valence-corrected chi connectivity index (χ4v) is 3.42. The number of carboxylic acid groups (broad SMARTS) is 1. The number of benzene rings is 1. The van der Waals surface area contributed by atoms with Gasteiger partial charge in [0.25, 0.3) is 5.91 Å². The molecule has 5 N–H and O–H groups in total. The zero-order valence-electron chi connectivity index (χ0n) is 15.9. The molecule has 1 aliphatic rings. The Labute approximate surface area is 167 Å². The van der Waals surface area contributed by atoms with E-state index >= 15 is 0 Å². The molecule has 0 radical (unpaired) electrons. The number of nitrogens with one attached hydrogen (secondary N) is 3. The number of hydrogen-bond acceptors (Lipinski definition) is 5. The summed E-state index contributed by atoms with van der Waals surface area (Å²) in [6, 6.07) is 4.81. The van der Waals surface area contributed by atoms with Gasteiger partial charge >= 0.3 is 12.0 Å². The van der Waals surface area contributed by atoms with E-state index in [0.29, 0.717) is 16.5 Å². The minimum absolute atomic E-state index is 0.0632. The topological polar surface area (TPSA) is 141 Å². The van der Waals surface area contributed by atoms with Crippen molar-refractivity contribution in [3.8, 4) is 5.75 Å². The first-order valence-electron chi connectivity index (χ1n) is 9.63. The first kappa shape index (κ1) is 20.4. The summed E-state index contributed by atoms with van der Waals surface area (Å²) in [5.41, 5.74) is 0.365. The number of carbonyl (C=O) groups is 3. The Morgan fingerprint density at radius 2 is 1.90 bits per heavy atom. The number of aromatic nitrogens is 1. The first-order valence-corrected chi connectivity index (χ1v) is 9.63. The molecule has 0 aliphatic heterocycles. The quantitative estimate of drug-likeness (QED) is 0.505. The Morgan fingerprint density at radius 3 is 2.62 bits per heavy atom. The van der Waals surface area contributed by atoms with Gasteiger partial charge in [-0.15, -0.1) is 0 Å². The maximum absolute atomic E-state index is 12.2. The van der Waals surface area contributed by atoms with E-state index in [1.54, 1.807) is 18.2 Å². The van der Waals surface area contributed by atoms with Crippen molar-refractivity contribution >= 4 is 34.4 Å². The van der Waals surface area contributed by atoms with Crippen LogP contribution in [0.15, 0.2) is 24.4 Å². The summed E-state index contributed by atoms with van der Waals surface area (Å²) in [6.45, 7) is -0.0632. The Hall–Kier alpha value is -3.36. The molecule has 154 valence electrons. The zero-order chi connectivity index (χ0) is 20.8. The maximum Gasteiger partial charge on any atom is 0.319 e. The van der Waals surface area contributed by atoms with Crippen LogP contribution in [0.5, 0.6) is 5.75 Å². The number of carbonyl (C=O) groups excluding carboxylic acids is 2. The highest BCUT2D eigenvalue weighted by molar-refractivity contribution is 6.02. The molecule has 0 unspecified atom stereocenters. The molecule has 1 aromatic carbocycles. The number of aliphatic carboxylic acids is 1. The van der Waals surface area contributed by atoms with Crippen LogP contribution in [-0.4, -0.2) is 45.7 Å². The van der Waals surface area contributed by atoms with Crippen molar-refractivity contribution in [2.45, 2.75) is 44.6 Å². The Balaban J connectivity index is 1.67. The third kappa shape index (κ3) is 5.34. The largest absolute Gasteiger partial charge is 0.505 e. The van der Waals surface area contributed by atoms with Gasteiger partial charge in [-0.2, -0.15) is 0 Å². The van der Waals surface area contributed by atoms with E-state index in [1.165, 1.54) is 12.6 Å². The van der Waals surface area contributed by atoms with E-state index in [0.717, 1.165) is 25.7 Å². The molecular formula is C20H24N4O5. The van der Waals surface area contributed by atoms with Gasteiger partial charge < -0.3 is 26.2 Å². The minimum Gasteiger partial charge on any atom is -0.505 e. The Kier molecular flexibility index (Phi) is 6.48. The van der Waals surface area contributed by atoms with Gasteiger partial charge in [0.15, 0.2) is 11.4 Å². The van der Waals surface area contributed by atoms with Gasteiger partial charge in [0.05, 0.1) is 6.42 Å². The molecule has 2 aromatic rings. The third-order valence-corrected chi connectivity index (χ3v) is 4.90. The van der Waals surface area contributed by atoms with Crippen molar-refractivity contribution < 1.29 is 24.6 Å². The summed E-state index contributed by atoms with van der Waals surface area (Å²) in [5, 5.41) is 28.1. The van der Waals surface area contributed by atoms with E-state index in [9.17, 15) is 19.5 Å². The predicted octanol–water partition coefficient (Wildman–Crippen LogP) is 2.60. The lowest BCUT2D eigenvalue weighted by molar-refractivity contribution is -0.136. The molecule has 1 aromatic heterocycles. The van der Waals surface area contributed by atoms with Crippen LogP contribution in [-0.2, 0) is 4.79 Å². The summed E-state index contributed by atoms with van der Waals surface area (Å²) in [6.07, 6.45) is 6.63. The molecule has 1 saturated carbocycles. The number of fused-ring (bicyclic) bond motifs is 1. The molecule has 0 saturated heterocycles. The van der Waals surface area contributed by atoms with Gasteiger partial charge in [0, 0.05) is 35.2 Å². The number of hydrogen-bond donors (Lipinski definition) is 5.